The van der Waals surface area contributed by atoms with E-state index in [1.165, 1.54) is 31.8 Å². The van der Waals surface area contributed by atoms with Crippen LogP contribution in [0.1, 0.15) is 54.1 Å². The molecule has 3 aromatic carbocycles. The molecule has 0 bridgehead atoms. The second-order valence-corrected chi connectivity index (χ2v) is 9.68. The van der Waals surface area contributed by atoms with E-state index in [2.05, 4.69) is 26.0 Å². The molecular formula is C31H36N2O7. The summed E-state index contributed by atoms with van der Waals surface area (Å²) in [5.74, 6) is -0.940. The topological polar surface area (TPSA) is 128 Å². The van der Waals surface area contributed by atoms with Gasteiger partial charge in [-0.25, -0.2) is 4.79 Å². The third-order valence-corrected chi connectivity index (χ3v) is 6.68. The van der Waals surface area contributed by atoms with Crippen molar-refractivity contribution in [1.82, 2.24) is 4.90 Å². The first-order valence-corrected chi connectivity index (χ1v) is 12.9. The quantitative estimate of drug-likeness (QED) is 0.312. The number of rotatable bonds is 13. The predicted molar refractivity (Wildman–Crippen MR) is 152 cm³/mol. The van der Waals surface area contributed by atoms with Crippen LogP contribution in [0.2, 0.25) is 0 Å². The van der Waals surface area contributed by atoms with Gasteiger partial charge < -0.3 is 30.0 Å². The van der Waals surface area contributed by atoms with Crippen LogP contribution in [0.25, 0.3) is 11.1 Å². The number of benzene rings is 3. The summed E-state index contributed by atoms with van der Waals surface area (Å²) in [5, 5.41) is 10.1. The number of hydrogen-bond acceptors (Lipinski definition) is 6. The third kappa shape index (κ3) is 7.11. The molecule has 2 amide bonds. The molecule has 3 aromatic rings. The van der Waals surface area contributed by atoms with Crippen molar-refractivity contribution in [3.8, 4) is 28.4 Å². The van der Waals surface area contributed by atoms with Gasteiger partial charge in [0, 0.05) is 18.5 Å². The highest BCUT2D eigenvalue weighted by Crippen LogP contribution is 2.39. The minimum Gasteiger partial charge on any atom is -0.493 e. The predicted octanol–water partition coefficient (Wildman–Crippen LogP) is 4.86. The summed E-state index contributed by atoms with van der Waals surface area (Å²) < 4.78 is 16.2. The van der Waals surface area contributed by atoms with Gasteiger partial charge in [-0.05, 0) is 58.9 Å². The van der Waals surface area contributed by atoms with Gasteiger partial charge in [-0.3, -0.25) is 9.59 Å². The Morgan fingerprint density at radius 2 is 1.50 bits per heavy atom. The molecule has 9 nitrogen and oxygen atoms in total. The van der Waals surface area contributed by atoms with E-state index >= 15 is 0 Å². The van der Waals surface area contributed by atoms with Crippen molar-refractivity contribution in [3.63, 3.8) is 0 Å². The monoisotopic (exact) mass is 548 g/mol. The van der Waals surface area contributed by atoms with E-state index < -0.39 is 23.8 Å². The second-order valence-electron chi connectivity index (χ2n) is 9.68. The van der Waals surface area contributed by atoms with Gasteiger partial charge >= 0.3 is 5.97 Å². The van der Waals surface area contributed by atoms with Gasteiger partial charge in [-0.2, -0.15) is 0 Å². The number of carbonyl (C=O) groups is 3. The Hall–Kier alpha value is -4.53. The Bertz CT molecular complexity index is 1330. The first-order chi connectivity index (χ1) is 19.1. The molecule has 40 heavy (non-hydrogen) atoms. The zero-order valence-corrected chi connectivity index (χ0v) is 23.5. The maximum absolute atomic E-state index is 13.8. The van der Waals surface area contributed by atoms with Crippen LogP contribution in [0.15, 0.2) is 60.7 Å². The zero-order valence-electron chi connectivity index (χ0n) is 23.5. The summed E-state index contributed by atoms with van der Waals surface area (Å²) in [5.41, 5.74) is 9.31. The molecule has 0 radical (unpaired) electrons. The molecule has 9 heteroatoms. The van der Waals surface area contributed by atoms with Crippen LogP contribution in [0.3, 0.4) is 0 Å². The average Bonchev–Trinajstić information content (AvgIpc) is 2.95. The van der Waals surface area contributed by atoms with Gasteiger partial charge in [0.2, 0.25) is 11.7 Å². The molecular weight excluding hydrogens is 512 g/mol. The Balaban J connectivity index is 2.01. The second kappa shape index (κ2) is 13.5. The number of primary amides is 1. The summed E-state index contributed by atoms with van der Waals surface area (Å²) >= 11 is 0. The Morgan fingerprint density at radius 3 is 2.00 bits per heavy atom. The van der Waals surface area contributed by atoms with Crippen LogP contribution in [0.5, 0.6) is 17.2 Å². The minimum atomic E-state index is -1.30. The maximum Gasteiger partial charge on any atom is 0.326 e. The molecule has 3 N–H and O–H groups in total. The van der Waals surface area contributed by atoms with Gasteiger partial charge in [0.05, 0.1) is 21.3 Å². The number of carbonyl (C=O) groups excluding carboxylic acids is 2. The smallest absolute Gasteiger partial charge is 0.326 e. The fourth-order valence-electron chi connectivity index (χ4n) is 4.49. The van der Waals surface area contributed by atoms with E-state index in [-0.39, 0.29) is 19.4 Å². The van der Waals surface area contributed by atoms with Crippen LogP contribution in [0.4, 0.5) is 0 Å². The number of aliphatic carboxylic acids is 1. The Kier molecular flexibility index (Phi) is 10.1. The summed E-state index contributed by atoms with van der Waals surface area (Å²) in [6.45, 7) is 4.16. The minimum absolute atomic E-state index is 0.0938. The van der Waals surface area contributed by atoms with Crippen molar-refractivity contribution >= 4 is 17.8 Å². The van der Waals surface area contributed by atoms with Crippen molar-refractivity contribution in [2.24, 2.45) is 5.73 Å². The number of carboxylic acid groups (broad SMARTS) is 1. The number of amides is 2. The maximum atomic E-state index is 13.8. The standard InChI is InChI=1S/C31H36N2O7/c1-19(2)23-7-6-8-24(17-23)21-9-11-22(12-10-21)30(35)33(25(31(36)37)13-14-28(32)34)18-20-15-26(38-3)29(40-5)27(16-20)39-4/h6-12,15-17,19,25H,13-14,18H2,1-5H3,(H2,32,34)(H,36,37)/t25-/m0/s1. The average molecular weight is 549 g/mol. The van der Waals surface area contributed by atoms with Crippen LogP contribution in [-0.4, -0.2) is 55.2 Å². The molecule has 0 aliphatic heterocycles. The van der Waals surface area contributed by atoms with Crippen molar-refractivity contribution in [2.75, 3.05) is 21.3 Å². The summed E-state index contributed by atoms with van der Waals surface area (Å²) in [7, 11) is 4.41. The van der Waals surface area contributed by atoms with Crippen LogP contribution >= 0.6 is 0 Å². The molecule has 1 atom stereocenters. The van der Waals surface area contributed by atoms with Crippen molar-refractivity contribution in [1.29, 1.82) is 0 Å². The first-order valence-electron chi connectivity index (χ1n) is 12.9. The number of nitrogens with two attached hydrogens (primary N) is 1. The number of ether oxygens (including phenoxy) is 3. The van der Waals surface area contributed by atoms with Crippen molar-refractivity contribution in [2.45, 2.75) is 45.2 Å². The molecule has 0 aromatic heterocycles. The number of carboxylic acids is 1. The summed E-state index contributed by atoms with van der Waals surface area (Å²) in [4.78, 5) is 38.9. The molecule has 0 fully saturated rings. The highest BCUT2D eigenvalue weighted by Gasteiger charge is 2.31. The summed E-state index contributed by atoms with van der Waals surface area (Å²) in [6.07, 6.45) is -0.331. The van der Waals surface area contributed by atoms with Gasteiger partial charge in [0.1, 0.15) is 6.04 Å². The van der Waals surface area contributed by atoms with E-state index in [0.717, 1.165) is 11.1 Å². The molecule has 212 valence electrons. The van der Waals surface area contributed by atoms with E-state index in [1.54, 1.807) is 24.3 Å². The highest BCUT2D eigenvalue weighted by atomic mass is 16.5. The normalized spacial score (nSPS) is 11.6. The summed E-state index contributed by atoms with van der Waals surface area (Å²) in [6, 6.07) is 17.2. The third-order valence-electron chi connectivity index (χ3n) is 6.68. The molecule has 0 aliphatic rings. The lowest BCUT2D eigenvalue weighted by Gasteiger charge is -2.29. The Labute approximate surface area is 234 Å². The number of methoxy groups -OCH3 is 3. The van der Waals surface area contributed by atoms with E-state index in [4.69, 9.17) is 19.9 Å². The molecule has 0 spiro atoms. The van der Waals surface area contributed by atoms with Gasteiger partial charge in [-0.15, -0.1) is 0 Å². The lowest BCUT2D eigenvalue weighted by atomic mass is 9.96. The lowest BCUT2D eigenvalue weighted by molar-refractivity contribution is -0.143. The number of nitrogens with zero attached hydrogens (tertiary/aromatic N) is 1. The number of hydrogen-bond donors (Lipinski definition) is 2. The first kappa shape index (κ1) is 30.0. The van der Waals surface area contributed by atoms with E-state index in [9.17, 15) is 19.5 Å². The molecule has 0 saturated carbocycles. The fourth-order valence-corrected chi connectivity index (χ4v) is 4.49. The van der Waals surface area contributed by atoms with Gasteiger partial charge in [-0.1, -0.05) is 50.2 Å². The highest BCUT2D eigenvalue weighted by molar-refractivity contribution is 5.97. The zero-order chi connectivity index (χ0) is 29.4. The Morgan fingerprint density at radius 1 is 0.875 bits per heavy atom. The molecule has 0 unspecified atom stereocenters. The van der Waals surface area contributed by atoms with Gasteiger partial charge in [0.15, 0.2) is 11.5 Å². The molecule has 0 saturated heterocycles. The van der Waals surface area contributed by atoms with Crippen LogP contribution < -0.4 is 19.9 Å². The molecule has 0 aliphatic carbocycles. The lowest BCUT2D eigenvalue weighted by Crippen LogP contribution is -2.45. The fraction of sp³-hybridized carbons (Fsp3) is 0.323. The van der Waals surface area contributed by atoms with Crippen LogP contribution in [-0.2, 0) is 16.1 Å². The SMILES string of the molecule is COc1cc(CN(C(=O)c2ccc(-c3cccc(C(C)C)c3)cc2)[C@@H](CCC(N)=O)C(=O)O)cc(OC)c1OC. The largest absolute Gasteiger partial charge is 0.493 e. The van der Waals surface area contributed by atoms with E-state index in [0.29, 0.717) is 34.3 Å². The van der Waals surface area contributed by atoms with Crippen LogP contribution in [0, 0.1) is 0 Å². The van der Waals surface area contributed by atoms with Gasteiger partial charge in [0.25, 0.3) is 5.91 Å². The van der Waals surface area contributed by atoms with Crippen molar-refractivity contribution in [3.05, 3.63) is 77.4 Å². The molecule has 0 heterocycles. The molecule has 3 rings (SSSR count). The van der Waals surface area contributed by atoms with Crippen molar-refractivity contribution < 1.29 is 33.7 Å². The van der Waals surface area contributed by atoms with E-state index in [1.807, 2.05) is 24.3 Å².